The molecule has 26 heavy (non-hydrogen) atoms. The van der Waals surface area contributed by atoms with Gasteiger partial charge >= 0.3 is 0 Å². The highest BCUT2D eigenvalue weighted by Gasteiger charge is 2.56. The molecule has 0 aliphatic carbocycles. The fourth-order valence-corrected chi connectivity index (χ4v) is 5.82. The van der Waals surface area contributed by atoms with E-state index in [9.17, 15) is 0 Å². The molecule has 0 radical (unpaired) electrons. The second-order valence-electron chi connectivity index (χ2n) is 8.70. The van der Waals surface area contributed by atoms with Crippen LogP contribution in [0.25, 0.3) is 0 Å². The molecule has 4 rings (SSSR count). The first-order valence-electron chi connectivity index (χ1n) is 9.77. The highest BCUT2D eigenvalue weighted by molar-refractivity contribution is 6.90. The molecule has 0 N–H and O–H groups in total. The Morgan fingerprint density at radius 3 is 1.92 bits per heavy atom. The van der Waals surface area contributed by atoms with Gasteiger partial charge < -0.3 is 4.74 Å². The molecule has 2 aliphatic rings. The van der Waals surface area contributed by atoms with E-state index in [2.05, 4.69) is 78.8 Å². The van der Waals surface area contributed by atoms with E-state index in [1.165, 1.54) is 44.3 Å². The van der Waals surface area contributed by atoms with Crippen molar-refractivity contribution in [2.45, 2.75) is 66.3 Å². The normalized spacial score (nSPS) is 24.0. The van der Waals surface area contributed by atoms with Crippen LogP contribution in [-0.4, -0.2) is 12.8 Å². The van der Waals surface area contributed by atoms with Crippen LogP contribution in [0.4, 0.5) is 0 Å². The molecule has 0 saturated heterocycles. The van der Waals surface area contributed by atoms with E-state index in [1.54, 1.807) is 0 Å². The van der Waals surface area contributed by atoms with Gasteiger partial charge in [0, 0.05) is 5.31 Å². The minimum Gasteiger partial charge on any atom is -0.495 e. The lowest BCUT2D eigenvalue weighted by molar-refractivity contribution is 0.136. The summed E-state index contributed by atoms with van der Waals surface area (Å²) < 4.78 is 6.22. The van der Waals surface area contributed by atoms with E-state index in [1.807, 2.05) is 0 Å². The third-order valence-corrected chi connectivity index (χ3v) is 6.56. The summed E-state index contributed by atoms with van der Waals surface area (Å²) in [6, 6.07) is 9.43. The number of aryl methyl sites for hydroxylation is 5. The Kier molecular flexibility index (Phi) is 3.88. The summed E-state index contributed by atoms with van der Waals surface area (Å²) in [6.45, 7) is 16.0. The molecule has 0 amide bonds. The summed E-state index contributed by atoms with van der Waals surface area (Å²) in [5.41, 5.74) is 11.5. The zero-order valence-corrected chi connectivity index (χ0v) is 17.2. The number of benzene rings is 2. The largest absolute Gasteiger partial charge is 0.495 e. The van der Waals surface area contributed by atoms with Crippen LogP contribution in [0.1, 0.15) is 47.2 Å². The summed E-state index contributed by atoms with van der Waals surface area (Å²) in [4.78, 5) is 0. The second-order valence-corrected chi connectivity index (χ2v) is 8.70. The first-order chi connectivity index (χ1) is 12.2. The number of allylic oxidation sites excluding steroid dienone is 1. The molecule has 2 unspecified atom stereocenters. The van der Waals surface area contributed by atoms with Gasteiger partial charge in [-0.2, -0.15) is 0 Å². The van der Waals surface area contributed by atoms with Crippen molar-refractivity contribution >= 4 is 17.6 Å². The van der Waals surface area contributed by atoms with Crippen LogP contribution in [0.15, 0.2) is 36.1 Å². The van der Waals surface area contributed by atoms with Gasteiger partial charge in [-0.3, -0.25) is 0 Å². The lowest BCUT2D eigenvalue weighted by Gasteiger charge is -2.33. The van der Waals surface area contributed by atoms with Crippen molar-refractivity contribution < 1.29 is 4.74 Å². The molecule has 134 valence electrons. The molecule has 1 nitrogen and oxygen atoms in total. The third kappa shape index (κ3) is 2.38. The van der Waals surface area contributed by atoms with Crippen LogP contribution < -0.4 is 10.9 Å². The number of ether oxygens (including phenoxy) is 1. The van der Waals surface area contributed by atoms with E-state index < -0.39 is 0 Å². The Hall–Kier alpha value is -1.96. The van der Waals surface area contributed by atoms with Crippen LogP contribution in [-0.2, 0) is 11.2 Å². The van der Waals surface area contributed by atoms with Gasteiger partial charge in [0.15, 0.2) is 0 Å². The minimum atomic E-state index is 0.0236. The maximum Gasteiger partial charge on any atom is 0.225 e. The fraction of sp³-hybridized carbons (Fsp3) is 0.417. The van der Waals surface area contributed by atoms with Crippen LogP contribution >= 0.6 is 0 Å². The van der Waals surface area contributed by atoms with E-state index in [0.717, 1.165) is 12.2 Å². The van der Waals surface area contributed by atoms with Crippen LogP contribution in [0.2, 0.25) is 5.31 Å². The SMILES string of the molecule is CC1=CC2(Cc3cc(C)cc(C)c3B2c2c(C)cc(C)cc2C)C(C)O1. The maximum atomic E-state index is 6.22. The quantitative estimate of drug-likeness (QED) is 0.694. The molecule has 2 heterocycles. The summed E-state index contributed by atoms with van der Waals surface area (Å²) in [5.74, 6) is 1.08. The molecule has 0 aromatic heterocycles. The predicted molar refractivity (Wildman–Crippen MR) is 112 cm³/mol. The van der Waals surface area contributed by atoms with Gasteiger partial charge in [-0.05, 0) is 61.0 Å². The number of hydrogen-bond donors (Lipinski definition) is 0. The van der Waals surface area contributed by atoms with Crippen molar-refractivity contribution in [2.75, 3.05) is 0 Å². The zero-order chi connectivity index (χ0) is 18.8. The van der Waals surface area contributed by atoms with Crippen molar-refractivity contribution in [3.63, 3.8) is 0 Å². The highest BCUT2D eigenvalue weighted by Crippen LogP contribution is 2.51. The summed E-state index contributed by atoms with van der Waals surface area (Å²) in [6.07, 6.45) is 3.69. The van der Waals surface area contributed by atoms with E-state index in [4.69, 9.17) is 4.74 Å². The van der Waals surface area contributed by atoms with Crippen molar-refractivity contribution in [2.24, 2.45) is 0 Å². The Balaban J connectivity index is 2.04. The molecule has 0 fully saturated rings. The molecular weight excluding hydrogens is 315 g/mol. The minimum absolute atomic E-state index is 0.0236. The van der Waals surface area contributed by atoms with Crippen LogP contribution in [0.5, 0.6) is 0 Å². The van der Waals surface area contributed by atoms with Gasteiger partial charge in [-0.25, -0.2) is 0 Å². The molecular formula is C24H29BO. The predicted octanol–water partition coefficient (Wildman–Crippen LogP) is 4.46. The van der Waals surface area contributed by atoms with E-state index in [0.29, 0.717) is 6.71 Å². The number of hydrogen-bond acceptors (Lipinski definition) is 1. The van der Waals surface area contributed by atoms with Gasteiger partial charge in [-0.15, -0.1) is 0 Å². The Morgan fingerprint density at radius 2 is 1.38 bits per heavy atom. The van der Waals surface area contributed by atoms with Crippen molar-refractivity contribution in [1.29, 1.82) is 0 Å². The lowest BCUT2D eigenvalue weighted by atomic mass is 9.27. The smallest absolute Gasteiger partial charge is 0.225 e. The van der Waals surface area contributed by atoms with Crippen molar-refractivity contribution in [1.82, 2.24) is 0 Å². The summed E-state index contributed by atoms with van der Waals surface area (Å²) in [5, 5.41) is 0.0236. The monoisotopic (exact) mass is 344 g/mol. The van der Waals surface area contributed by atoms with Crippen LogP contribution in [0.3, 0.4) is 0 Å². The maximum absolute atomic E-state index is 6.22. The molecule has 2 aromatic rings. The van der Waals surface area contributed by atoms with Gasteiger partial charge in [0.25, 0.3) is 0 Å². The molecule has 0 saturated carbocycles. The molecule has 1 spiro atoms. The molecule has 2 aliphatic heterocycles. The molecule has 2 atom stereocenters. The summed E-state index contributed by atoms with van der Waals surface area (Å²) in [7, 11) is 0. The standard InChI is InChI=1S/C24H29BO/c1-14-8-16(3)22(17(4)9-14)25-23-18(5)10-15(2)11-21(23)13-24(25)12-19(6)26-20(24)7/h8-12,20H,13H2,1-7H3. The van der Waals surface area contributed by atoms with Crippen LogP contribution in [0, 0.1) is 34.6 Å². The van der Waals surface area contributed by atoms with E-state index in [-0.39, 0.29) is 11.4 Å². The van der Waals surface area contributed by atoms with Gasteiger partial charge in [0.1, 0.15) is 0 Å². The van der Waals surface area contributed by atoms with Gasteiger partial charge in [0.05, 0.1) is 11.9 Å². The first kappa shape index (κ1) is 17.5. The third-order valence-electron chi connectivity index (χ3n) is 6.56. The Morgan fingerprint density at radius 1 is 0.846 bits per heavy atom. The van der Waals surface area contributed by atoms with Crippen molar-refractivity contribution in [3.8, 4) is 0 Å². The molecule has 2 aromatic carbocycles. The highest BCUT2D eigenvalue weighted by atomic mass is 16.5. The second kappa shape index (κ2) is 5.77. The topological polar surface area (TPSA) is 9.23 Å². The first-order valence-corrected chi connectivity index (χ1v) is 9.77. The van der Waals surface area contributed by atoms with Crippen molar-refractivity contribution in [3.05, 3.63) is 69.5 Å². The average molecular weight is 344 g/mol. The molecule has 2 heteroatoms. The Labute approximate surface area is 158 Å². The fourth-order valence-electron chi connectivity index (χ4n) is 5.82. The number of rotatable bonds is 1. The number of fused-ring (bicyclic) bond motifs is 1. The lowest BCUT2D eigenvalue weighted by Crippen LogP contribution is -2.53. The molecule has 0 bridgehead atoms. The average Bonchev–Trinajstić information content (AvgIpc) is 2.95. The summed E-state index contributed by atoms with van der Waals surface area (Å²) >= 11 is 0. The Bertz CT molecular complexity index is 916. The zero-order valence-electron chi connectivity index (χ0n) is 17.2. The van der Waals surface area contributed by atoms with Gasteiger partial charge in [0.2, 0.25) is 6.71 Å². The van der Waals surface area contributed by atoms with Gasteiger partial charge in [-0.1, -0.05) is 68.6 Å². The van der Waals surface area contributed by atoms with E-state index >= 15 is 0 Å².